The molecule has 0 aliphatic carbocycles. The van der Waals surface area contributed by atoms with Gasteiger partial charge in [-0.1, -0.05) is 0 Å². The van der Waals surface area contributed by atoms with Gasteiger partial charge in [0.25, 0.3) is 0 Å². The van der Waals surface area contributed by atoms with E-state index in [1.807, 2.05) is 0 Å². The van der Waals surface area contributed by atoms with Gasteiger partial charge >= 0.3 is 6.09 Å². The molecule has 1 aromatic rings. The molecule has 0 radical (unpaired) electrons. The molecule has 0 aliphatic heterocycles. The molecule has 12 heteroatoms. The first-order valence-corrected chi connectivity index (χ1v) is 9.07. The normalized spacial score (nSPS) is 10.4. The summed E-state index contributed by atoms with van der Waals surface area (Å²) >= 11 is 5.01. The fourth-order valence-electron chi connectivity index (χ4n) is 1.60. The van der Waals surface area contributed by atoms with Crippen LogP contribution in [0.15, 0.2) is 12.1 Å². The molecule has 0 heterocycles. The number of hydrogen-bond acceptors (Lipinski definition) is 6. The number of hydrogen-bond donors (Lipinski definition) is 3. The second-order valence-electron chi connectivity index (χ2n) is 4.69. The van der Waals surface area contributed by atoms with Gasteiger partial charge in [-0.05, 0) is 31.3 Å². The van der Waals surface area contributed by atoms with Crippen molar-refractivity contribution in [2.24, 2.45) is 0 Å². The largest absolute Gasteiger partial charge is 0.449 e. The number of anilines is 2. The molecule has 0 saturated heterocycles. The fourth-order valence-corrected chi connectivity index (χ4v) is 2.32. The number of benzene rings is 1. The summed E-state index contributed by atoms with van der Waals surface area (Å²) in [5.74, 6) is -0.831. The Morgan fingerprint density at radius 3 is 2.60 bits per heavy atom. The summed E-state index contributed by atoms with van der Waals surface area (Å²) < 4.78 is 43.6. The zero-order valence-electron chi connectivity index (χ0n) is 13.6. The lowest BCUT2D eigenvalue weighted by Crippen LogP contribution is -2.45. The molecule has 136 valence electrons. The van der Waals surface area contributed by atoms with Gasteiger partial charge in [-0.3, -0.25) is 9.73 Å². The third-order valence-corrected chi connectivity index (χ3v) is 3.57. The quantitative estimate of drug-likeness (QED) is 0.521. The van der Waals surface area contributed by atoms with Crippen molar-refractivity contribution in [3.05, 3.63) is 23.5 Å². The number of amides is 1. The van der Waals surface area contributed by atoms with E-state index in [2.05, 4.69) is 20.2 Å². The number of nitrogens with one attached hydrogen (secondary N) is 3. The topological polar surface area (TPSA) is 124 Å². The smallest absolute Gasteiger partial charge is 0.426 e. The maximum absolute atomic E-state index is 14.1. The summed E-state index contributed by atoms with van der Waals surface area (Å²) in [6, 6.07) is 3.63. The summed E-state index contributed by atoms with van der Waals surface area (Å²) in [6.45, 7) is 1.78. The second kappa shape index (κ2) is 8.45. The van der Waals surface area contributed by atoms with E-state index in [0.717, 1.165) is 23.4 Å². The highest BCUT2D eigenvalue weighted by Crippen LogP contribution is 2.25. The van der Waals surface area contributed by atoms with Crippen LogP contribution in [0.4, 0.5) is 20.6 Å². The molecule has 0 bridgehead atoms. The van der Waals surface area contributed by atoms with E-state index in [1.165, 1.54) is 7.05 Å². The molecule has 0 unspecified atom stereocenters. The minimum atomic E-state index is -3.67. The molecule has 9 nitrogen and oxygen atoms in total. The average molecular weight is 389 g/mol. The zero-order chi connectivity index (χ0) is 19.2. The van der Waals surface area contributed by atoms with Gasteiger partial charge in [0.2, 0.25) is 10.0 Å². The molecule has 0 atom stereocenters. The van der Waals surface area contributed by atoms with Gasteiger partial charge in [0, 0.05) is 7.05 Å². The third kappa shape index (κ3) is 6.40. The van der Waals surface area contributed by atoms with Crippen LogP contribution in [0.3, 0.4) is 0 Å². The summed E-state index contributed by atoms with van der Waals surface area (Å²) in [4.78, 5) is 11.3. The summed E-state index contributed by atoms with van der Waals surface area (Å²) in [5.41, 5.74) is 1.78. The standard InChI is InChI=1S/C13H16FN5O4S2/c1-4-23-13(20)17-19(2)12(24)16-11-6-10(18-25(3,21)22)8(7-15)5-9(11)14/h5-6,18H,4H2,1-3H3,(H,16,24)(H,17,20). The van der Waals surface area contributed by atoms with Crippen molar-refractivity contribution in [3.63, 3.8) is 0 Å². The van der Waals surface area contributed by atoms with Gasteiger partial charge in [0.15, 0.2) is 5.11 Å². The highest BCUT2D eigenvalue weighted by molar-refractivity contribution is 7.92. The lowest BCUT2D eigenvalue weighted by Gasteiger charge is -2.21. The Hall–Kier alpha value is -2.65. The number of carbonyl (C=O) groups excluding carboxylic acids is 1. The van der Waals surface area contributed by atoms with Crippen LogP contribution in [0.1, 0.15) is 12.5 Å². The van der Waals surface area contributed by atoms with Crippen molar-refractivity contribution in [3.8, 4) is 6.07 Å². The van der Waals surface area contributed by atoms with Crippen molar-refractivity contribution in [2.45, 2.75) is 6.92 Å². The van der Waals surface area contributed by atoms with Crippen LogP contribution in [0.2, 0.25) is 0 Å². The van der Waals surface area contributed by atoms with Crippen molar-refractivity contribution >= 4 is 44.8 Å². The summed E-state index contributed by atoms with van der Waals surface area (Å²) in [7, 11) is -2.28. The Balaban J connectivity index is 3.01. The van der Waals surface area contributed by atoms with Crippen molar-refractivity contribution in [1.29, 1.82) is 5.26 Å². The zero-order valence-corrected chi connectivity index (χ0v) is 15.2. The van der Waals surface area contributed by atoms with Crippen LogP contribution in [0, 0.1) is 17.1 Å². The van der Waals surface area contributed by atoms with E-state index >= 15 is 0 Å². The van der Waals surface area contributed by atoms with E-state index in [-0.39, 0.29) is 28.7 Å². The molecule has 0 spiro atoms. The Kier molecular flexibility index (Phi) is 6.89. The van der Waals surface area contributed by atoms with Gasteiger partial charge in [-0.15, -0.1) is 0 Å². The predicted octanol–water partition coefficient (Wildman–Crippen LogP) is 1.36. The van der Waals surface area contributed by atoms with Gasteiger partial charge in [-0.25, -0.2) is 23.0 Å². The highest BCUT2D eigenvalue weighted by atomic mass is 32.2. The first-order valence-electron chi connectivity index (χ1n) is 6.77. The van der Waals surface area contributed by atoms with E-state index < -0.39 is 21.9 Å². The number of hydrazine groups is 1. The number of nitrogens with zero attached hydrogens (tertiary/aromatic N) is 2. The van der Waals surface area contributed by atoms with Crippen molar-refractivity contribution in [2.75, 3.05) is 29.9 Å². The van der Waals surface area contributed by atoms with Crippen LogP contribution in [0.25, 0.3) is 0 Å². The molecule has 1 amide bonds. The number of thiocarbonyl (C=S) groups is 1. The van der Waals surface area contributed by atoms with Crippen molar-refractivity contribution in [1.82, 2.24) is 10.4 Å². The van der Waals surface area contributed by atoms with E-state index in [9.17, 15) is 17.6 Å². The monoisotopic (exact) mass is 389 g/mol. The van der Waals surface area contributed by atoms with E-state index in [1.54, 1.807) is 13.0 Å². The minimum Gasteiger partial charge on any atom is -0.449 e. The molecule has 1 rings (SSSR count). The Morgan fingerprint density at radius 1 is 1.44 bits per heavy atom. The number of ether oxygens (including phenoxy) is 1. The lowest BCUT2D eigenvalue weighted by molar-refractivity contribution is 0.136. The molecule has 25 heavy (non-hydrogen) atoms. The van der Waals surface area contributed by atoms with Crippen LogP contribution >= 0.6 is 12.2 Å². The van der Waals surface area contributed by atoms with Gasteiger partial charge in [0.1, 0.15) is 11.9 Å². The molecule has 1 aromatic carbocycles. The van der Waals surface area contributed by atoms with Crippen LogP contribution in [-0.2, 0) is 14.8 Å². The number of halogens is 1. The lowest BCUT2D eigenvalue weighted by atomic mass is 10.1. The molecule has 3 N–H and O–H groups in total. The first-order chi connectivity index (χ1) is 11.6. The molecular formula is C13H16FN5O4S2. The second-order valence-corrected chi connectivity index (χ2v) is 6.82. The Labute approximate surface area is 149 Å². The Bertz CT molecular complexity index is 822. The molecular weight excluding hydrogens is 373 g/mol. The Morgan fingerprint density at radius 2 is 2.08 bits per heavy atom. The number of sulfonamides is 1. The first kappa shape index (κ1) is 20.4. The molecule has 0 saturated carbocycles. The van der Waals surface area contributed by atoms with E-state index in [4.69, 9.17) is 17.5 Å². The minimum absolute atomic E-state index is 0.0954. The molecule has 0 aromatic heterocycles. The summed E-state index contributed by atoms with van der Waals surface area (Å²) in [6.07, 6.45) is 0.139. The average Bonchev–Trinajstić information content (AvgIpc) is 2.48. The SMILES string of the molecule is CCOC(=O)NN(C)C(=S)Nc1cc(NS(C)(=O)=O)c(C#N)cc1F. The summed E-state index contributed by atoms with van der Waals surface area (Å²) in [5, 5.41) is 12.5. The third-order valence-electron chi connectivity index (χ3n) is 2.60. The highest BCUT2D eigenvalue weighted by Gasteiger charge is 2.16. The van der Waals surface area contributed by atoms with Crippen LogP contribution < -0.4 is 15.5 Å². The number of rotatable bonds is 4. The van der Waals surface area contributed by atoms with Gasteiger partial charge < -0.3 is 10.1 Å². The van der Waals surface area contributed by atoms with E-state index in [0.29, 0.717) is 0 Å². The molecule has 0 aliphatic rings. The van der Waals surface area contributed by atoms with Crippen molar-refractivity contribution < 1.29 is 22.3 Å². The van der Waals surface area contributed by atoms with Crippen LogP contribution in [-0.4, -0.2) is 44.5 Å². The predicted molar refractivity (Wildman–Crippen MR) is 93.7 cm³/mol. The maximum atomic E-state index is 14.1. The van der Waals surface area contributed by atoms with Gasteiger partial charge in [-0.2, -0.15) is 5.26 Å². The van der Waals surface area contributed by atoms with Crippen LogP contribution in [0.5, 0.6) is 0 Å². The van der Waals surface area contributed by atoms with Gasteiger partial charge in [0.05, 0.1) is 29.8 Å². The molecule has 0 fully saturated rings. The number of carbonyl (C=O) groups is 1. The fraction of sp³-hybridized carbons (Fsp3) is 0.308. The maximum Gasteiger partial charge on any atom is 0.426 e. The number of nitriles is 1.